The number of ketones is 1. The minimum atomic E-state index is -1.08. The molecule has 3 rings (SSSR count). The van der Waals surface area contributed by atoms with Gasteiger partial charge in [0.2, 0.25) is 5.91 Å². The van der Waals surface area contributed by atoms with Gasteiger partial charge in [0.15, 0.2) is 17.4 Å². The summed E-state index contributed by atoms with van der Waals surface area (Å²) in [6.07, 6.45) is 1.90. The number of Topliss-reactive ketones (excluding diaryl/α,β-unsaturated/α-hetero) is 1. The molecule has 2 aromatic rings. The number of halogens is 2. The van der Waals surface area contributed by atoms with E-state index in [1.165, 1.54) is 6.07 Å². The van der Waals surface area contributed by atoms with Crippen LogP contribution >= 0.6 is 0 Å². The van der Waals surface area contributed by atoms with E-state index < -0.39 is 23.4 Å². The lowest BCUT2D eigenvalue weighted by Crippen LogP contribution is -2.33. The number of rotatable bonds is 4. The van der Waals surface area contributed by atoms with Gasteiger partial charge in [0, 0.05) is 29.4 Å². The van der Waals surface area contributed by atoms with Crippen molar-refractivity contribution in [1.29, 1.82) is 0 Å². The summed E-state index contributed by atoms with van der Waals surface area (Å²) in [6.45, 7) is 1.34. The lowest BCUT2D eigenvalue weighted by molar-refractivity contribution is -0.115. The Hall–Kier alpha value is -3.03. The van der Waals surface area contributed by atoms with Crippen LogP contribution in [0.15, 0.2) is 18.2 Å². The number of aromatic nitrogens is 1. The standard InChI is InChI=1S/C18H17F2N3O3/c1-9-16-13(3-2-4-14(16)24)23-17(9)18(26)21-8-15(25)22-10-5-6-11(19)12(20)7-10/h5-7,23H,2-4,8H2,1H3,(H,21,26)(H,22,25). The van der Waals surface area contributed by atoms with Gasteiger partial charge in [0.1, 0.15) is 5.69 Å². The van der Waals surface area contributed by atoms with E-state index in [1.54, 1.807) is 6.92 Å². The Kier molecular flexibility index (Phi) is 4.83. The number of nitrogens with one attached hydrogen (secondary N) is 3. The molecule has 8 heteroatoms. The molecule has 1 aliphatic carbocycles. The molecule has 0 atom stereocenters. The van der Waals surface area contributed by atoms with E-state index in [0.717, 1.165) is 24.2 Å². The van der Waals surface area contributed by atoms with Crippen LogP contribution in [-0.2, 0) is 11.2 Å². The fourth-order valence-electron chi connectivity index (χ4n) is 3.03. The van der Waals surface area contributed by atoms with Gasteiger partial charge in [-0.15, -0.1) is 0 Å². The monoisotopic (exact) mass is 361 g/mol. The molecule has 0 radical (unpaired) electrons. The molecule has 0 fully saturated rings. The Balaban J connectivity index is 1.63. The van der Waals surface area contributed by atoms with Crippen LogP contribution in [0.2, 0.25) is 0 Å². The molecular weight excluding hydrogens is 344 g/mol. The van der Waals surface area contributed by atoms with Gasteiger partial charge >= 0.3 is 0 Å². The number of aromatic amines is 1. The Morgan fingerprint density at radius 3 is 2.65 bits per heavy atom. The normalized spacial score (nSPS) is 13.3. The highest BCUT2D eigenvalue weighted by molar-refractivity contribution is 6.05. The number of aryl methyl sites for hydroxylation is 1. The molecule has 0 saturated heterocycles. The maximum atomic E-state index is 13.1. The molecule has 0 saturated carbocycles. The summed E-state index contributed by atoms with van der Waals surface area (Å²) in [5, 5.41) is 4.81. The van der Waals surface area contributed by atoms with Crippen LogP contribution in [0.25, 0.3) is 0 Å². The molecule has 1 heterocycles. The number of amides is 2. The van der Waals surface area contributed by atoms with Gasteiger partial charge in [-0.2, -0.15) is 0 Å². The molecule has 1 aromatic carbocycles. The van der Waals surface area contributed by atoms with Crippen molar-refractivity contribution in [2.75, 3.05) is 11.9 Å². The maximum absolute atomic E-state index is 13.1. The Labute approximate surface area is 148 Å². The van der Waals surface area contributed by atoms with Gasteiger partial charge < -0.3 is 15.6 Å². The SMILES string of the molecule is Cc1c(C(=O)NCC(=O)Nc2ccc(F)c(F)c2)[nH]c2c1C(=O)CCC2. The topological polar surface area (TPSA) is 91.1 Å². The van der Waals surface area contributed by atoms with Crippen LogP contribution in [0.3, 0.4) is 0 Å². The first-order valence-electron chi connectivity index (χ1n) is 8.14. The second-order valence-electron chi connectivity index (χ2n) is 6.12. The van der Waals surface area contributed by atoms with Crippen LogP contribution in [0.4, 0.5) is 14.5 Å². The quantitative estimate of drug-likeness (QED) is 0.781. The molecule has 1 aromatic heterocycles. The van der Waals surface area contributed by atoms with Crippen molar-refractivity contribution in [1.82, 2.24) is 10.3 Å². The van der Waals surface area contributed by atoms with E-state index >= 15 is 0 Å². The van der Waals surface area contributed by atoms with Crippen molar-refractivity contribution in [3.63, 3.8) is 0 Å². The predicted octanol–water partition coefficient (Wildman–Crippen LogP) is 2.49. The van der Waals surface area contributed by atoms with Gasteiger partial charge in [0.05, 0.1) is 6.54 Å². The number of carbonyl (C=O) groups is 3. The fourth-order valence-corrected chi connectivity index (χ4v) is 3.03. The van der Waals surface area contributed by atoms with E-state index in [0.29, 0.717) is 24.0 Å². The maximum Gasteiger partial charge on any atom is 0.268 e. The summed E-state index contributed by atoms with van der Waals surface area (Å²) in [5.41, 5.74) is 2.22. The first-order chi connectivity index (χ1) is 12.4. The second-order valence-corrected chi connectivity index (χ2v) is 6.12. The smallest absolute Gasteiger partial charge is 0.268 e. The third-order valence-electron chi connectivity index (χ3n) is 4.28. The highest BCUT2D eigenvalue weighted by Gasteiger charge is 2.26. The molecule has 0 unspecified atom stereocenters. The zero-order valence-corrected chi connectivity index (χ0v) is 14.0. The van der Waals surface area contributed by atoms with Crippen molar-refractivity contribution in [3.8, 4) is 0 Å². The van der Waals surface area contributed by atoms with Crippen LogP contribution in [0, 0.1) is 18.6 Å². The Bertz CT molecular complexity index is 905. The third kappa shape index (κ3) is 3.49. The molecule has 0 bridgehead atoms. The summed E-state index contributed by atoms with van der Waals surface area (Å²) in [4.78, 5) is 39.1. The second kappa shape index (κ2) is 7.07. The highest BCUT2D eigenvalue weighted by Crippen LogP contribution is 2.26. The first-order valence-corrected chi connectivity index (χ1v) is 8.14. The lowest BCUT2D eigenvalue weighted by Gasteiger charge is -2.09. The Morgan fingerprint density at radius 1 is 1.19 bits per heavy atom. The van der Waals surface area contributed by atoms with E-state index in [1.807, 2.05) is 0 Å². The average Bonchev–Trinajstić information content (AvgIpc) is 2.94. The number of fused-ring (bicyclic) bond motifs is 1. The number of H-pyrrole nitrogens is 1. The van der Waals surface area contributed by atoms with E-state index in [4.69, 9.17) is 0 Å². The number of carbonyl (C=O) groups excluding carboxylic acids is 3. The highest BCUT2D eigenvalue weighted by atomic mass is 19.2. The Morgan fingerprint density at radius 2 is 1.96 bits per heavy atom. The lowest BCUT2D eigenvalue weighted by atomic mass is 9.94. The van der Waals surface area contributed by atoms with Crippen LogP contribution in [0.5, 0.6) is 0 Å². The molecule has 0 aliphatic heterocycles. The molecule has 26 heavy (non-hydrogen) atoms. The zero-order chi connectivity index (χ0) is 18.8. The summed E-state index contributed by atoms with van der Waals surface area (Å²) >= 11 is 0. The van der Waals surface area contributed by atoms with Crippen molar-refractivity contribution in [2.24, 2.45) is 0 Å². The fraction of sp³-hybridized carbons (Fsp3) is 0.278. The summed E-state index contributed by atoms with van der Waals surface area (Å²) in [7, 11) is 0. The number of anilines is 1. The average molecular weight is 361 g/mol. The number of hydrogen-bond acceptors (Lipinski definition) is 3. The summed E-state index contributed by atoms with van der Waals surface area (Å²) < 4.78 is 26.0. The van der Waals surface area contributed by atoms with Gasteiger partial charge in [0.25, 0.3) is 5.91 Å². The first kappa shape index (κ1) is 17.8. The van der Waals surface area contributed by atoms with Crippen molar-refractivity contribution < 1.29 is 23.2 Å². The molecule has 0 spiro atoms. The van der Waals surface area contributed by atoms with Gasteiger partial charge in [-0.25, -0.2) is 8.78 Å². The molecule has 2 amide bonds. The van der Waals surface area contributed by atoms with Crippen LogP contribution in [0.1, 0.15) is 44.9 Å². The molecular formula is C18H17F2N3O3. The van der Waals surface area contributed by atoms with E-state index in [9.17, 15) is 23.2 Å². The molecule has 3 N–H and O–H groups in total. The van der Waals surface area contributed by atoms with Crippen molar-refractivity contribution in [3.05, 3.63) is 52.3 Å². The predicted molar refractivity (Wildman–Crippen MR) is 90.1 cm³/mol. The molecule has 6 nitrogen and oxygen atoms in total. The summed E-state index contributed by atoms with van der Waals surface area (Å²) in [6, 6.07) is 2.96. The van der Waals surface area contributed by atoms with Crippen molar-refractivity contribution in [2.45, 2.75) is 26.2 Å². The molecule has 1 aliphatic rings. The number of benzene rings is 1. The summed E-state index contributed by atoms with van der Waals surface area (Å²) in [5.74, 6) is -3.18. The van der Waals surface area contributed by atoms with E-state index in [2.05, 4.69) is 15.6 Å². The van der Waals surface area contributed by atoms with Gasteiger partial charge in [-0.1, -0.05) is 0 Å². The van der Waals surface area contributed by atoms with Gasteiger partial charge in [-0.3, -0.25) is 14.4 Å². The van der Waals surface area contributed by atoms with Gasteiger partial charge in [-0.05, 0) is 37.5 Å². The van der Waals surface area contributed by atoms with Crippen LogP contribution < -0.4 is 10.6 Å². The minimum absolute atomic E-state index is 0.00938. The minimum Gasteiger partial charge on any atom is -0.354 e. The van der Waals surface area contributed by atoms with Crippen LogP contribution in [-0.4, -0.2) is 29.1 Å². The zero-order valence-electron chi connectivity index (χ0n) is 14.0. The van der Waals surface area contributed by atoms with E-state index in [-0.39, 0.29) is 23.7 Å². The number of hydrogen-bond donors (Lipinski definition) is 3. The molecule has 136 valence electrons. The largest absolute Gasteiger partial charge is 0.354 e. The van der Waals surface area contributed by atoms with Crippen molar-refractivity contribution >= 4 is 23.3 Å². The third-order valence-corrected chi connectivity index (χ3v) is 4.28.